The first-order valence-corrected chi connectivity index (χ1v) is 5.39. The Morgan fingerprint density at radius 2 is 2.62 bits per heavy atom. The Morgan fingerprint density at radius 1 is 1.85 bits per heavy atom. The summed E-state index contributed by atoms with van der Waals surface area (Å²) in [5, 5.41) is 4.24. The smallest absolute Gasteiger partial charge is 0.217 e. The molecular formula is C8H15N3OS. The van der Waals surface area contributed by atoms with E-state index in [4.69, 9.17) is 5.73 Å². The molecule has 1 aliphatic heterocycles. The molecule has 1 fully saturated rings. The van der Waals surface area contributed by atoms with Gasteiger partial charge in [0.2, 0.25) is 5.91 Å². The number of carbonyl (C=O) groups is 1. The number of rotatable bonds is 4. The first-order valence-electron chi connectivity index (χ1n) is 4.40. The van der Waals surface area contributed by atoms with Gasteiger partial charge in [-0.3, -0.25) is 9.79 Å². The summed E-state index contributed by atoms with van der Waals surface area (Å²) in [4.78, 5) is 14.7. The topological polar surface area (TPSA) is 67.5 Å². The van der Waals surface area contributed by atoms with E-state index in [2.05, 4.69) is 17.2 Å². The Hall–Kier alpha value is -0.710. The lowest BCUT2D eigenvalue weighted by Crippen LogP contribution is -2.23. The van der Waals surface area contributed by atoms with Gasteiger partial charge in [0.25, 0.3) is 0 Å². The quantitative estimate of drug-likeness (QED) is 0.644. The fraction of sp³-hybridized carbons (Fsp3) is 0.750. The summed E-state index contributed by atoms with van der Waals surface area (Å²) in [6.45, 7) is 2.81. The van der Waals surface area contributed by atoms with Gasteiger partial charge < -0.3 is 11.1 Å². The average Bonchev–Trinajstić information content (AvgIpc) is 2.45. The molecule has 0 saturated carbocycles. The summed E-state index contributed by atoms with van der Waals surface area (Å²) in [5.41, 5.74) is 5.00. The number of amidine groups is 1. The number of hydrogen-bond donors (Lipinski definition) is 2. The van der Waals surface area contributed by atoms with Crippen molar-refractivity contribution in [2.24, 2.45) is 10.7 Å². The number of hydrogen-bond acceptors (Lipinski definition) is 3. The van der Waals surface area contributed by atoms with Crippen molar-refractivity contribution in [2.75, 3.05) is 12.3 Å². The highest BCUT2D eigenvalue weighted by molar-refractivity contribution is 8.14. The third-order valence-electron chi connectivity index (χ3n) is 1.68. The monoisotopic (exact) mass is 201 g/mol. The highest BCUT2D eigenvalue weighted by Crippen LogP contribution is 2.12. The van der Waals surface area contributed by atoms with Crippen molar-refractivity contribution in [1.82, 2.24) is 5.32 Å². The first kappa shape index (κ1) is 10.4. The van der Waals surface area contributed by atoms with Gasteiger partial charge >= 0.3 is 0 Å². The Kier molecular flexibility index (Phi) is 4.08. The van der Waals surface area contributed by atoms with E-state index in [-0.39, 0.29) is 5.91 Å². The van der Waals surface area contributed by atoms with Gasteiger partial charge in [0.05, 0.1) is 0 Å². The highest BCUT2D eigenvalue weighted by atomic mass is 32.2. The molecule has 0 radical (unpaired) electrons. The zero-order valence-electron chi connectivity index (χ0n) is 7.75. The van der Waals surface area contributed by atoms with Gasteiger partial charge in [-0.05, 0) is 13.3 Å². The third kappa shape index (κ3) is 4.17. The van der Waals surface area contributed by atoms with Gasteiger partial charge in [-0.2, -0.15) is 0 Å². The van der Waals surface area contributed by atoms with Crippen LogP contribution in [0.15, 0.2) is 4.99 Å². The molecule has 13 heavy (non-hydrogen) atoms. The second-order valence-electron chi connectivity index (χ2n) is 3.11. The van der Waals surface area contributed by atoms with Crippen molar-refractivity contribution < 1.29 is 4.79 Å². The van der Waals surface area contributed by atoms with Crippen molar-refractivity contribution in [2.45, 2.75) is 25.8 Å². The molecule has 1 saturated heterocycles. The molecule has 1 amide bonds. The van der Waals surface area contributed by atoms with E-state index in [9.17, 15) is 4.79 Å². The van der Waals surface area contributed by atoms with E-state index in [1.165, 1.54) is 0 Å². The van der Waals surface area contributed by atoms with Gasteiger partial charge in [-0.25, -0.2) is 0 Å². The molecule has 0 aromatic carbocycles. The third-order valence-corrected chi connectivity index (χ3v) is 2.86. The lowest BCUT2D eigenvalue weighted by Gasteiger charge is -2.00. The van der Waals surface area contributed by atoms with Crippen molar-refractivity contribution >= 4 is 22.8 Å². The van der Waals surface area contributed by atoms with Crippen LogP contribution in [0.2, 0.25) is 0 Å². The van der Waals surface area contributed by atoms with Crippen molar-refractivity contribution in [3.8, 4) is 0 Å². The highest BCUT2D eigenvalue weighted by Gasteiger charge is 2.14. The lowest BCUT2D eigenvalue weighted by molar-refractivity contribution is -0.118. The van der Waals surface area contributed by atoms with Gasteiger partial charge in [0.1, 0.15) is 0 Å². The molecule has 1 atom stereocenters. The number of nitrogens with one attached hydrogen (secondary N) is 1. The van der Waals surface area contributed by atoms with Gasteiger partial charge in [-0.15, -0.1) is 0 Å². The minimum Gasteiger partial charge on any atom is -0.370 e. The standard InChI is InChI=1S/C8H15N3OS/c1-6-5-13-8(11-6)10-4-2-3-7(9)12/h6H,2-5H2,1H3,(H2,9,12)(H,10,11). The summed E-state index contributed by atoms with van der Waals surface area (Å²) in [7, 11) is 0. The van der Waals surface area contributed by atoms with Crippen molar-refractivity contribution in [3.63, 3.8) is 0 Å². The Morgan fingerprint density at radius 3 is 3.15 bits per heavy atom. The minimum atomic E-state index is -0.249. The van der Waals surface area contributed by atoms with Crippen LogP contribution >= 0.6 is 11.8 Å². The Labute approximate surface area is 82.4 Å². The van der Waals surface area contributed by atoms with Crippen molar-refractivity contribution in [3.05, 3.63) is 0 Å². The van der Waals surface area contributed by atoms with Crippen LogP contribution in [0.4, 0.5) is 0 Å². The van der Waals surface area contributed by atoms with Crippen LogP contribution in [-0.2, 0) is 4.79 Å². The van der Waals surface area contributed by atoms with Crippen LogP contribution < -0.4 is 11.1 Å². The summed E-state index contributed by atoms with van der Waals surface area (Å²) < 4.78 is 0. The van der Waals surface area contributed by atoms with Gasteiger partial charge in [-0.1, -0.05) is 11.8 Å². The predicted molar refractivity (Wildman–Crippen MR) is 55.8 cm³/mol. The summed E-state index contributed by atoms with van der Waals surface area (Å²) >= 11 is 1.73. The molecule has 0 spiro atoms. The van der Waals surface area contributed by atoms with Crippen molar-refractivity contribution in [1.29, 1.82) is 0 Å². The van der Waals surface area contributed by atoms with E-state index in [0.717, 1.165) is 17.3 Å². The summed E-state index contributed by atoms with van der Waals surface area (Å²) in [6.07, 6.45) is 1.17. The average molecular weight is 201 g/mol. The zero-order chi connectivity index (χ0) is 9.68. The molecule has 1 rings (SSSR count). The number of amides is 1. The second-order valence-corrected chi connectivity index (χ2v) is 4.12. The number of aliphatic imine (C=N–C) groups is 1. The molecule has 0 aromatic rings. The van der Waals surface area contributed by atoms with E-state index < -0.39 is 0 Å². The molecule has 5 heteroatoms. The van der Waals surface area contributed by atoms with Crippen LogP contribution in [0.25, 0.3) is 0 Å². The predicted octanol–water partition coefficient (Wildman–Crippen LogP) is 0.333. The molecule has 0 aliphatic carbocycles. The number of nitrogens with zero attached hydrogens (tertiary/aromatic N) is 1. The fourth-order valence-corrected chi connectivity index (χ4v) is 1.98. The number of carbonyl (C=O) groups excluding carboxylic acids is 1. The van der Waals surface area contributed by atoms with Gasteiger partial charge in [0, 0.05) is 24.8 Å². The number of nitrogens with two attached hydrogens (primary N) is 1. The number of primary amides is 1. The molecule has 3 N–H and O–H groups in total. The largest absolute Gasteiger partial charge is 0.370 e. The molecule has 1 heterocycles. The maximum atomic E-state index is 10.4. The van der Waals surface area contributed by atoms with Gasteiger partial charge in [0.15, 0.2) is 5.17 Å². The number of thioether (sulfide) groups is 1. The lowest BCUT2D eigenvalue weighted by atomic mass is 10.3. The normalized spacial score (nSPS) is 24.7. The SMILES string of the molecule is CC1CSC(=NCCCC(N)=O)N1. The zero-order valence-corrected chi connectivity index (χ0v) is 8.56. The first-order chi connectivity index (χ1) is 6.18. The second kappa shape index (κ2) is 5.11. The molecule has 0 bridgehead atoms. The molecule has 1 unspecified atom stereocenters. The van der Waals surface area contributed by atoms with E-state index in [1.54, 1.807) is 11.8 Å². The van der Waals surface area contributed by atoms with E-state index in [1.807, 2.05) is 0 Å². The molecule has 0 aromatic heterocycles. The van der Waals surface area contributed by atoms with Crippen LogP contribution in [0.1, 0.15) is 19.8 Å². The maximum absolute atomic E-state index is 10.4. The van der Waals surface area contributed by atoms with Crippen LogP contribution in [0, 0.1) is 0 Å². The minimum absolute atomic E-state index is 0.249. The van der Waals surface area contributed by atoms with E-state index in [0.29, 0.717) is 19.0 Å². The van der Waals surface area contributed by atoms with Crippen LogP contribution in [0.5, 0.6) is 0 Å². The Bertz CT molecular complexity index is 217. The van der Waals surface area contributed by atoms with Crippen LogP contribution in [0.3, 0.4) is 0 Å². The Balaban J connectivity index is 2.13. The van der Waals surface area contributed by atoms with E-state index >= 15 is 0 Å². The molecular weight excluding hydrogens is 186 g/mol. The van der Waals surface area contributed by atoms with Crippen LogP contribution in [-0.4, -0.2) is 29.4 Å². The fourth-order valence-electron chi connectivity index (χ4n) is 1.02. The maximum Gasteiger partial charge on any atom is 0.217 e. The molecule has 1 aliphatic rings. The summed E-state index contributed by atoms with van der Waals surface area (Å²) in [5.74, 6) is 0.829. The molecule has 4 nitrogen and oxygen atoms in total. The summed E-state index contributed by atoms with van der Waals surface area (Å²) in [6, 6.07) is 0.514. The molecule has 74 valence electrons.